The minimum Gasteiger partial charge on any atom is -0.421 e. The molecule has 4 aromatic rings. The highest BCUT2D eigenvalue weighted by molar-refractivity contribution is 7.19. The van der Waals surface area contributed by atoms with Gasteiger partial charge in [-0.3, -0.25) is 0 Å². The van der Waals surface area contributed by atoms with Crippen molar-refractivity contribution in [2.24, 2.45) is 11.8 Å². The molecule has 1 aromatic heterocycles. The number of thiophene rings is 1. The predicted molar refractivity (Wildman–Crippen MR) is 148 cm³/mol. The van der Waals surface area contributed by atoms with Gasteiger partial charge < -0.3 is 10.5 Å². The number of anilines is 1. The van der Waals surface area contributed by atoms with Gasteiger partial charge in [0.05, 0.1) is 11.3 Å². The highest BCUT2D eigenvalue weighted by Crippen LogP contribution is 2.57. The summed E-state index contributed by atoms with van der Waals surface area (Å²) in [6.07, 6.45) is 4.44. The smallest absolute Gasteiger partial charge is 0.344 e. The molecule has 4 nitrogen and oxygen atoms in total. The molecular formula is C32H24N2O2S. The topological polar surface area (TPSA) is 76.1 Å². The number of esters is 1. The number of rotatable bonds is 5. The van der Waals surface area contributed by atoms with Crippen molar-refractivity contribution in [1.29, 1.82) is 5.26 Å². The Morgan fingerprint density at radius 3 is 2.11 bits per heavy atom. The van der Waals surface area contributed by atoms with E-state index in [0.717, 1.165) is 63.3 Å². The van der Waals surface area contributed by atoms with E-state index >= 15 is 0 Å². The molecule has 2 heterocycles. The fraction of sp³-hybridized carbons (Fsp3) is 0.188. The van der Waals surface area contributed by atoms with E-state index in [-0.39, 0.29) is 11.5 Å². The summed E-state index contributed by atoms with van der Waals surface area (Å²) in [5, 5.41) is 9.95. The van der Waals surface area contributed by atoms with Crippen LogP contribution in [0.1, 0.15) is 36.8 Å². The molecule has 37 heavy (non-hydrogen) atoms. The van der Waals surface area contributed by atoms with Crippen molar-refractivity contribution in [2.45, 2.75) is 25.7 Å². The van der Waals surface area contributed by atoms with Crippen LogP contribution in [0.2, 0.25) is 0 Å². The van der Waals surface area contributed by atoms with Gasteiger partial charge >= 0.3 is 5.97 Å². The van der Waals surface area contributed by atoms with E-state index in [9.17, 15) is 10.1 Å². The Hall–Kier alpha value is -4.14. The van der Waals surface area contributed by atoms with E-state index in [2.05, 4.69) is 36.4 Å². The number of hydrogen-bond acceptors (Lipinski definition) is 5. The molecule has 180 valence electrons. The first kappa shape index (κ1) is 22.1. The summed E-state index contributed by atoms with van der Waals surface area (Å²) >= 11 is 1.72. The number of allylic oxidation sites excluding steroid dienone is 1. The molecule has 0 amide bonds. The minimum absolute atomic E-state index is 0.243. The number of fused-ring (bicyclic) bond motifs is 1. The van der Waals surface area contributed by atoms with Crippen LogP contribution in [0.5, 0.6) is 5.75 Å². The Bertz CT molecular complexity index is 1620. The van der Waals surface area contributed by atoms with Gasteiger partial charge in [0.2, 0.25) is 0 Å². The van der Waals surface area contributed by atoms with Crippen molar-refractivity contribution < 1.29 is 9.53 Å². The molecule has 3 aromatic carbocycles. The van der Waals surface area contributed by atoms with E-state index in [1.165, 1.54) is 5.57 Å². The van der Waals surface area contributed by atoms with E-state index < -0.39 is 0 Å². The maximum atomic E-state index is 13.5. The van der Waals surface area contributed by atoms with Crippen LogP contribution >= 0.6 is 11.3 Å². The van der Waals surface area contributed by atoms with Crippen LogP contribution in [0, 0.1) is 23.2 Å². The lowest BCUT2D eigenvalue weighted by Crippen LogP contribution is -2.06. The van der Waals surface area contributed by atoms with Gasteiger partial charge in [-0.2, -0.15) is 5.26 Å². The van der Waals surface area contributed by atoms with Gasteiger partial charge in [-0.15, -0.1) is 11.3 Å². The highest BCUT2D eigenvalue weighted by Gasteiger charge is 2.45. The van der Waals surface area contributed by atoms with Crippen molar-refractivity contribution in [1.82, 2.24) is 0 Å². The fourth-order valence-electron chi connectivity index (χ4n) is 5.53. The summed E-state index contributed by atoms with van der Waals surface area (Å²) < 4.78 is 5.86. The molecule has 1 aliphatic heterocycles. The standard InChI is InChI=1S/C32H24N2O2S/c33-17-24-25(34)15-22(28-29(32(35)36-30(24)28)27(19-11-12-19)20-13-14-20)23-16-26(18-7-3-1-4-8-18)37-31(23)21-9-5-2-6-10-21/h1-10,15-16,19-20H,11-14,34H2. The number of benzene rings is 3. The number of nitrogen functional groups attached to an aromatic ring is 1. The molecule has 7 rings (SSSR count). The third-order valence-corrected chi connectivity index (χ3v) is 8.75. The van der Waals surface area contributed by atoms with Gasteiger partial charge in [0, 0.05) is 20.9 Å². The van der Waals surface area contributed by atoms with Gasteiger partial charge in [-0.25, -0.2) is 4.79 Å². The first-order valence-corrected chi connectivity index (χ1v) is 13.5. The Labute approximate surface area is 219 Å². The monoisotopic (exact) mass is 500 g/mol. The van der Waals surface area contributed by atoms with E-state index in [4.69, 9.17) is 10.5 Å². The minimum atomic E-state index is -0.341. The molecule has 0 unspecified atom stereocenters. The van der Waals surface area contributed by atoms with Crippen LogP contribution in [-0.2, 0) is 4.79 Å². The number of nitriles is 1. The summed E-state index contributed by atoms with van der Waals surface area (Å²) in [6.45, 7) is 0. The Morgan fingerprint density at radius 2 is 1.51 bits per heavy atom. The number of carbonyl (C=O) groups is 1. The van der Waals surface area contributed by atoms with Crippen LogP contribution in [0.3, 0.4) is 0 Å². The highest BCUT2D eigenvalue weighted by atomic mass is 32.1. The van der Waals surface area contributed by atoms with Gasteiger partial charge in [-0.05, 0) is 71.9 Å². The number of ether oxygens (including phenoxy) is 1. The zero-order chi connectivity index (χ0) is 25.1. The molecule has 0 radical (unpaired) electrons. The van der Waals surface area contributed by atoms with Crippen molar-refractivity contribution in [3.63, 3.8) is 0 Å². The molecule has 0 bridgehead atoms. The molecule has 3 aliphatic rings. The summed E-state index contributed by atoms with van der Waals surface area (Å²) in [5.74, 6) is 0.857. The van der Waals surface area contributed by atoms with Crippen molar-refractivity contribution in [3.8, 4) is 43.8 Å². The molecule has 0 spiro atoms. The van der Waals surface area contributed by atoms with Gasteiger partial charge in [-0.1, -0.05) is 60.7 Å². The van der Waals surface area contributed by atoms with Crippen LogP contribution in [-0.4, -0.2) is 5.97 Å². The maximum Gasteiger partial charge on any atom is 0.344 e. The van der Waals surface area contributed by atoms with E-state index in [0.29, 0.717) is 28.8 Å². The van der Waals surface area contributed by atoms with Crippen LogP contribution in [0.4, 0.5) is 5.69 Å². The molecule has 2 fully saturated rings. The summed E-state index contributed by atoms with van der Waals surface area (Å²) in [4.78, 5) is 15.7. The van der Waals surface area contributed by atoms with E-state index in [1.807, 2.05) is 42.5 Å². The fourth-order valence-corrected chi connectivity index (χ4v) is 6.72. The lowest BCUT2D eigenvalue weighted by atomic mass is 9.87. The molecule has 2 saturated carbocycles. The zero-order valence-electron chi connectivity index (χ0n) is 20.2. The van der Waals surface area contributed by atoms with Crippen molar-refractivity contribution in [2.75, 3.05) is 5.73 Å². The number of hydrogen-bond donors (Lipinski definition) is 1. The first-order chi connectivity index (χ1) is 18.1. The third-order valence-electron chi connectivity index (χ3n) is 7.51. The normalized spacial score (nSPS) is 16.3. The van der Waals surface area contributed by atoms with E-state index in [1.54, 1.807) is 11.3 Å². The number of nitrogens with two attached hydrogens (primary N) is 1. The lowest BCUT2D eigenvalue weighted by molar-refractivity contribution is -0.127. The average Bonchev–Trinajstić information content (AvgIpc) is 3.86. The van der Waals surface area contributed by atoms with Gasteiger partial charge in [0.1, 0.15) is 11.6 Å². The second-order valence-electron chi connectivity index (χ2n) is 10.1. The van der Waals surface area contributed by atoms with Crippen molar-refractivity contribution in [3.05, 3.63) is 89.5 Å². The second kappa shape index (κ2) is 8.47. The summed E-state index contributed by atoms with van der Waals surface area (Å²) in [7, 11) is 0. The Kier molecular flexibility index (Phi) is 5.05. The quantitative estimate of drug-likeness (QED) is 0.132. The molecule has 5 heteroatoms. The van der Waals surface area contributed by atoms with Crippen LogP contribution in [0.15, 0.2) is 78.4 Å². The average molecular weight is 501 g/mol. The predicted octanol–water partition coefficient (Wildman–Crippen LogP) is 7.70. The summed E-state index contributed by atoms with van der Waals surface area (Å²) in [6, 6.07) is 26.9. The maximum absolute atomic E-state index is 13.5. The molecule has 0 saturated heterocycles. The van der Waals surface area contributed by atoms with Crippen molar-refractivity contribution >= 4 is 28.6 Å². The molecule has 2 N–H and O–H groups in total. The summed E-state index contributed by atoms with van der Waals surface area (Å²) in [5.41, 5.74) is 13.8. The largest absolute Gasteiger partial charge is 0.421 e. The lowest BCUT2D eigenvalue weighted by Gasteiger charge is -2.14. The molecule has 2 aliphatic carbocycles. The van der Waals surface area contributed by atoms with Gasteiger partial charge in [0.25, 0.3) is 0 Å². The molecular weight excluding hydrogens is 476 g/mol. The van der Waals surface area contributed by atoms with Crippen LogP contribution in [0.25, 0.3) is 37.6 Å². The number of carbonyl (C=O) groups excluding carboxylic acids is 1. The number of nitrogens with zero attached hydrogens (tertiary/aromatic N) is 1. The molecule has 0 atom stereocenters. The SMILES string of the molecule is N#Cc1c(N)cc(-c2cc(-c3ccccc3)sc2-c2ccccc2)c2c1OC(=O)C2=C(C1CC1)C1CC1. The van der Waals surface area contributed by atoms with Crippen LogP contribution < -0.4 is 10.5 Å². The van der Waals surface area contributed by atoms with Gasteiger partial charge in [0.15, 0.2) is 5.75 Å². The Morgan fingerprint density at radius 1 is 0.892 bits per heavy atom. The zero-order valence-corrected chi connectivity index (χ0v) is 21.0. The third kappa shape index (κ3) is 3.68. The second-order valence-corrected chi connectivity index (χ2v) is 11.1. The first-order valence-electron chi connectivity index (χ1n) is 12.7. The Balaban J connectivity index is 1.54.